The van der Waals surface area contributed by atoms with Crippen LogP contribution in [0.15, 0.2) is 60.7 Å². The Balaban J connectivity index is 1.77. The van der Waals surface area contributed by atoms with Gasteiger partial charge in [0.1, 0.15) is 0 Å². The van der Waals surface area contributed by atoms with Gasteiger partial charge in [-0.25, -0.2) is 0 Å². The van der Waals surface area contributed by atoms with Crippen molar-refractivity contribution in [3.63, 3.8) is 0 Å². The van der Waals surface area contributed by atoms with Crippen LogP contribution in [0.25, 0.3) is 0 Å². The molecule has 1 aliphatic heterocycles. The van der Waals surface area contributed by atoms with Crippen LogP contribution in [-0.4, -0.2) is 23.2 Å². The SMILES string of the molecule is C[C@@H]1CN(C(=S)Nc2ccccc2)N(c2ccccc2)C1. The second kappa shape index (κ2) is 6.14. The number of para-hydroxylation sites is 2. The predicted molar refractivity (Wildman–Crippen MR) is 92.3 cm³/mol. The normalized spacial score (nSPS) is 17.9. The summed E-state index contributed by atoms with van der Waals surface area (Å²) in [7, 11) is 0. The van der Waals surface area contributed by atoms with E-state index in [0.29, 0.717) is 5.92 Å². The highest BCUT2D eigenvalue weighted by atomic mass is 32.1. The van der Waals surface area contributed by atoms with Gasteiger partial charge >= 0.3 is 0 Å². The molecule has 0 saturated carbocycles. The molecule has 2 aromatic carbocycles. The Morgan fingerprint density at radius 3 is 2.29 bits per heavy atom. The first-order chi connectivity index (χ1) is 10.2. The van der Waals surface area contributed by atoms with Gasteiger partial charge in [0.2, 0.25) is 0 Å². The van der Waals surface area contributed by atoms with Crippen LogP contribution in [0.5, 0.6) is 0 Å². The number of hydrogen-bond donors (Lipinski definition) is 1. The summed E-state index contributed by atoms with van der Waals surface area (Å²) in [6.07, 6.45) is 0. The molecule has 0 spiro atoms. The van der Waals surface area contributed by atoms with Crippen molar-refractivity contribution in [2.75, 3.05) is 23.4 Å². The van der Waals surface area contributed by atoms with Crippen molar-refractivity contribution in [3.8, 4) is 0 Å². The Bertz CT molecular complexity index is 600. The Morgan fingerprint density at radius 1 is 1.00 bits per heavy atom. The molecule has 4 heteroatoms. The lowest BCUT2D eigenvalue weighted by atomic mass is 10.2. The van der Waals surface area contributed by atoms with E-state index < -0.39 is 0 Å². The van der Waals surface area contributed by atoms with Crippen LogP contribution in [0, 0.1) is 5.92 Å². The quantitative estimate of drug-likeness (QED) is 0.850. The molecule has 3 nitrogen and oxygen atoms in total. The van der Waals surface area contributed by atoms with E-state index in [1.54, 1.807) is 0 Å². The van der Waals surface area contributed by atoms with Crippen molar-refractivity contribution in [1.82, 2.24) is 5.01 Å². The summed E-state index contributed by atoms with van der Waals surface area (Å²) in [5.74, 6) is 0.584. The molecule has 0 bridgehead atoms. The zero-order chi connectivity index (χ0) is 14.7. The summed E-state index contributed by atoms with van der Waals surface area (Å²) in [6.45, 7) is 4.18. The molecule has 0 radical (unpaired) electrons. The third-order valence-corrected chi connectivity index (χ3v) is 3.89. The van der Waals surface area contributed by atoms with Crippen molar-refractivity contribution in [1.29, 1.82) is 0 Å². The first kappa shape index (κ1) is 13.9. The summed E-state index contributed by atoms with van der Waals surface area (Å²) < 4.78 is 0. The largest absolute Gasteiger partial charge is 0.331 e. The highest BCUT2D eigenvalue weighted by molar-refractivity contribution is 7.80. The molecule has 1 N–H and O–H groups in total. The zero-order valence-electron chi connectivity index (χ0n) is 12.1. The standard InChI is InChI=1S/C17H19N3S/c1-14-12-19(16-10-6-3-7-11-16)20(13-14)17(21)18-15-8-4-2-5-9-15/h2-11,14H,12-13H2,1H3,(H,18,21)/t14-/m0/s1. The fourth-order valence-corrected chi connectivity index (χ4v) is 2.88. The van der Waals surface area contributed by atoms with E-state index >= 15 is 0 Å². The van der Waals surface area contributed by atoms with Gasteiger partial charge in [-0.05, 0) is 42.4 Å². The summed E-state index contributed by atoms with van der Waals surface area (Å²) >= 11 is 5.60. The highest BCUT2D eigenvalue weighted by Crippen LogP contribution is 2.25. The minimum atomic E-state index is 0.584. The molecule has 1 heterocycles. The number of rotatable bonds is 2. The van der Waals surface area contributed by atoms with Gasteiger partial charge in [-0.3, -0.25) is 10.0 Å². The molecular formula is C17H19N3S. The van der Waals surface area contributed by atoms with E-state index in [4.69, 9.17) is 12.2 Å². The molecule has 0 aromatic heterocycles. The predicted octanol–water partition coefficient (Wildman–Crippen LogP) is 3.76. The van der Waals surface area contributed by atoms with Crippen LogP contribution >= 0.6 is 12.2 Å². The highest BCUT2D eigenvalue weighted by Gasteiger charge is 2.29. The lowest BCUT2D eigenvalue weighted by molar-refractivity contribution is 0.469. The van der Waals surface area contributed by atoms with Gasteiger partial charge in [-0.2, -0.15) is 0 Å². The smallest absolute Gasteiger partial charge is 0.192 e. The van der Waals surface area contributed by atoms with Gasteiger partial charge in [0.05, 0.1) is 5.69 Å². The number of hydrazine groups is 1. The van der Waals surface area contributed by atoms with E-state index in [2.05, 4.69) is 46.5 Å². The third kappa shape index (κ3) is 3.16. The van der Waals surface area contributed by atoms with Crippen molar-refractivity contribution >= 4 is 28.7 Å². The fourth-order valence-electron chi connectivity index (χ4n) is 2.59. The van der Waals surface area contributed by atoms with Crippen LogP contribution in [-0.2, 0) is 0 Å². The molecule has 3 rings (SSSR count). The maximum Gasteiger partial charge on any atom is 0.192 e. The van der Waals surface area contributed by atoms with Crippen LogP contribution < -0.4 is 10.3 Å². The second-order valence-electron chi connectivity index (χ2n) is 5.40. The van der Waals surface area contributed by atoms with Crippen LogP contribution in [0.2, 0.25) is 0 Å². The molecule has 1 fully saturated rings. The van der Waals surface area contributed by atoms with E-state index in [1.807, 2.05) is 36.4 Å². The Hall–Kier alpha value is -2.07. The number of hydrogen-bond acceptors (Lipinski definition) is 2. The Morgan fingerprint density at radius 2 is 1.62 bits per heavy atom. The van der Waals surface area contributed by atoms with Crippen molar-refractivity contribution in [2.24, 2.45) is 5.92 Å². The van der Waals surface area contributed by atoms with E-state index in [-0.39, 0.29) is 0 Å². The third-order valence-electron chi connectivity index (χ3n) is 3.57. The fraction of sp³-hybridized carbons (Fsp3) is 0.235. The maximum absolute atomic E-state index is 5.60. The molecule has 1 aliphatic rings. The van der Waals surface area contributed by atoms with Crippen LogP contribution in [0.1, 0.15) is 6.92 Å². The molecule has 0 amide bonds. The molecular weight excluding hydrogens is 278 g/mol. The molecule has 0 unspecified atom stereocenters. The Labute approximate surface area is 131 Å². The average molecular weight is 297 g/mol. The number of anilines is 2. The molecule has 1 saturated heterocycles. The summed E-state index contributed by atoms with van der Waals surface area (Å²) in [6, 6.07) is 20.5. The number of nitrogens with one attached hydrogen (secondary N) is 1. The molecule has 108 valence electrons. The molecule has 2 aromatic rings. The molecule has 21 heavy (non-hydrogen) atoms. The van der Waals surface area contributed by atoms with Gasteiger partial charge in [-0.15, -0.1) is 0 Å². The van der Waals surface area contributed by atoms with Crippen LogP contribution in [0.3, 0.4) is 0 Å². The second-order valence-corrected chi connectivity index (χ2v) is 5.79. The van der Waals surface area contributed by atoms with E-state index in [9.17, 15) is 0 Å². The summed E-state index contributed by atoms with van der Waals surface area (Å²) in [5.41, 5.74) is 2.20. The van der Waals surface area contributed by atoms with Crippen molar-refractivity contribution in [3.05, 3.63) is 60.7 Å². The van der Waals surface area contributed by atoms with Crippen LogP contribution in [0.4, 0.5) is 11.4 Å². The van der Waals surface area contributed by atoms with Gasteiger partial charge in [0.15, 0.2) is 5.11 Å². The summed E-state index contributed by atoms with van der Waals surface area (Å²) in [4.78, 5) is 0. The topological polar surface area (TPSA) is 18.5 Å². The van der Waals surface area contributed by atoms with E-state index in [0.717, 1.165) is 23.9 Å². The number of thiocarbonyl (C=S) groups is 1. The Kier molecular flexibility index (Phi) is 4.06. The minimum absolute atomic E-state index is 0.584. The number of nitrogens with zero attached hydrogens (tertiary/aromatic N) is 2. The molecule has 1 atom stereocenters. The van der Waals surface area contributed by atoms with Crippen molar-refractivity contribution < 1.29 is 0 Å². The first-order valence-corrected chi connectivity index (χ1v) is 7.61. The van der Waals surface area contributed by atoms with E-state index in [1.165, 1.54) is 5.69 Å². The first-order valence-electron chi connectivity index (χ1n) is 7.20. The summed E-state index contributed by atoms with van der Waals surface area (Å²) in [5, 5.41) is 8.47. The average Bonchev–Trinajstić information content (AvgIpc) is 2.91. The lowest BCUT2D eigenvalue weighted by Gasteiger charge is -2.31. The minimum Gasteiger partial charge on any atom is -0.331 e. The monoisotopic (exact) mass is 297 g/mol. The van der Waals surface area contributed by atoms with Crippen molar-refractivity contribution in [2.45, 2.75) is 6.92 Å². The maximum atomic E-state index is 5.60. The van der Waals surface area contributed by atoms with Gasteiger partial charge in [0, 0.05) is 18.8 Å². The zero-order valence-corrected chi connectivity index (χ0v) is 12.9. The number of benzene rings is 2. The lowest BCUT2D eigenvalue weighted by Crippen LogP contribution is -2.43. The van der Waals surface area contributed by atoms with Gasteiger partial charge in [-0.1, -0.05) is 43.3 Å². The van der Waals surface area contributed by atoms with Gasteiger partial charge in [0.25, 0.3) is 0 Å². The molecule has 0 aliphatic carbocycles. The van der Waals surface area contributed by atoms with Gasteiger partial charge < -0.3 is 5.32 Å².